The highest BCUT2D eigenvalue weighted by Crippen LogP contribution is 2.42. The molecule has 12 nitrogen and oxygen atoms in total. The summed E-state index contributed by atoms with van der Waals surface area (Å²) in [5.41, 5.74) is 1.57. The van der Waals surface area contributed by atoms with Crippen molar-refractivity contribution in [3.63, 3.8) is 0 Å². The molecule has 0 saturated carbocycles. The van der Waals surface area contributed by atoms with Gasteiger partial charge in [0.1, 0.15) is 30.4 Å². The molecule has 2 aromatic carbocycles. The van der Waals surface area contributed by atoms with Crippen molar-refractivity contribution in [2.24, 2.45) is 0 Å². The first-order chi connectivity index (χ1) is 23.3. The topological polar surface area (TPSA) is 188 Å². The molecule has 6 aromatic heterocycles. The van der Waals surface area contributed by atoms with E-state index in [9.17, 15) is 29.7 Å². The Morgan fingerprint density at radius 3 is 1.54 bits per heavy atom. The van der Waals surface area contributed by atoms with Crippen LogP contribution in [0, 0.1) is 0 Å². The number of thiazole rings is 2. The highest BCUT2D eigenvalue weighted by atomic mass is 32.1. The van der Waals surface area contributed by atoms with Gasteiger partial charge >= 0.3 is 5.97 Å². The minimum Gasteiger partial charge on any atom is -0.504 e. The third-order valence-electron chi connectivity index (χ3n) is 7.47. The fourth-order valence-electron chi connectivity index (χ4n) is 5.17. The molecule has 0 atom stereocenters. The number of pyridine rings is 2. The van der Waals surface area contributed by atoms with Crippen LogP contribution in [0.5, 0.6) is 11.5 Å². The number of aliphatic carboxylic acids is 1. The second kappa shape index (κ2) is 11.6. The van der Waals surface area contributed by atoms with Crippen molar-refractivity contribution in [3.8, 4) is 32.6 Å². The van der Waals surface area contributed by atoms with E-state index in [0.29, 0.717) is 21.0 Å². The van der Waals surface area contributed by atoms with Crippen molar-refractivity contribution in [1.29, 1.82) is 0 Å². The molecule has 8 rings (SSSR count). The Morgan fingerprint density at radius 2 is 1.10 bits per heavy atom. The van der Waals surface area contributed by atoms with Crippen molar-refractivity contribution in [2.45, 2.75) is 6.17 Å². The van der Waals surface area contributed by atoms with Gasteiger partial charge in [-0.3, -0.25) is 9.59 Å². The molecular weight excluding hydrogens is 693 g/mol. The van der Waals surface area contributed by atoms with E-state index in [4.69, 9.17) is 0 Å². The zero-order valence-electron chi connectivity index (χ0n) is 24.0. The van der Waals surface area contributed by atoms with Gasteiger partial charge in [-0.25, -0.2) is 24.7 Å². The second-order valence-corrected chi connectivity index (χ2v) is 14.2. The molecule has 0 spiro atoms. The zero-order chi connectivity index (χ0) is 33.1. The quantitative estimate of drug-likeness (QED) is 0.115. The maximum absolute atomic E-state index is 13.2. The van der Waals surface area contributed by atoms with E-state index in [1.807, 2.05) is 59.3 Å². The Hall–Kier alpha value is -5.55. The lowest BCUT2D eigenvalue weighted by molar-refractivity contribution is -0.139. The van der Waals surface area contributed by atoms with E-state index < -0.39 is 46.8 Å². The molecule has 0 aliphatic carbocycles. The number of carboxylic acid groups (broad SMARTS) is 1. The van der Waals surface area contributed by atoms with Crippen LogP contribution >= 0.6 is 45.3 Å². The molecule has 8 aromatic rings. The van der Waals surface area contributed by atoms with Gasteiger partial charge in [-0.2, -0.15) is 0 Å². The van der Waals surface area contributed by atoms with Gasteiger partial charge in [0.15, 0.2) is 22.9 Å². The number of carbonyl (C=O) groups is 3. The average Bonchev–Trinajstić information content (AvgIpc) is 3.88. The van der Waals surface area contributed by atoms with Gasteiger partial charge in [0.05, 0.1) is 12.4 Å². The molecule has 0 fully saturated rings. The summed E-state index contributed by atoms with van der Waals surface area (Å²) in [6.07, 6.45) is 0.667. The lowest BCUT2D eigenvalue weighted by atomic mass is 10.2. The van der Waals surface area contributed by atoms with Crippen LogP contribution in [0.15, 0.2) is 71.7 Å². The van der Waals surface area contributed by atoms with Crippen molar-refractivity contribution >= 4 is 104 Å². The molecule has 0 saturated heterocycles. The fourth-order valence-corrected chi connectivity index (χ4v) is 9.24. The number of nitrogens with one attached hydrogen (secondary N) is 2. The Bertz CT molecular complexity index is 2430. The van der Waals surface area contributed by atoms with Crippen molar-refractivity contribution < 1.29 is 29.7 Å². The summed E-state index contributed by atoms with van der Waals surface area (Å²) in [6.45, 7) is 0. The first-order valence-electron chi connectivity index (χ1n) is 14.0. The Kier molecular flexibility index (Phi) is 7.21. The zero-order valence-corrected chi connectivity index (χ0v) is 27.3. The largest absolute Gasteiger partial charge is 0.504 e. The average molecular weight is 711 g/mol. The standard InChI is InChI=1S/C32H18N6O6S4/c39-23-21(33-9-17-25(23)47-30(35-17)15-11-45-19-7-3-1-5-13(15)19)28(41)37-27(32(43)44)38-29(42)22-24(40)26-18(10-34-22)36-31(48-26)16-12-46-20-8-4-2-6-14(16)20/h1-12,27,39-40H,(H,37,41)(H,38,42)(H,43,44). The van der Waals surface area contributed by atoms with Crippen LogP contribution in [0.2, 0.25) is 0 Å². The number of hydrogen-bond donors (Lipinski definition) is 5. The summed E-state index contributed by atoms with van der Waals surface area (Å²) in [5, 5.41) is 43.3. The molecule has 16 heteroatoms. The minimum absolute atomic E-state index is 0.290. The van der Waals surface area contributed by atoms with Crippen LogP contribution in [-0.4, -0.2) is 59.2 Å². The van der Waals surface area contributed by atoms with Crippen molar-refractivity contribution in [3.05, 3.63) is 83.1 Å². The number of carbonyl (C=O) groups excluding carboxylic acids is 2. The van der Waals surface area contributed by atoms with Gasteiger partial charge in [-0.15, -0.1) is 45.3 Å². The number of nitrogens with zero attached hydrogens (tertiary/aromatic N) is 4. The normalized spacial score (nSPS) is 11.6. The first-order valence-corrected chi connectivity index (χ1v) is 17.4. The predicted octanol–water partition coefficient (Wildman–Crippen LogP) is 6.44. The number of aromatic nitrogens is 4. The summed E-state index contributed by atoms with van der Waals surface area (Å²) in [7, 11) is 0. The van der Waals surface area contributed by atoms with Crippen molar-refractivity contribution in [2.75, 3.05) is 0 Å². The van der Waals surface area contributed by atoms with Gasteiger partial charge in [0, 0.05) is 42.1 Å². The fraction of sp³-hybridized carbons (Fsp3) is 0.0312. The highest BCUT2D eigenvalue weighted by molar-refractivity contribution is 7.23. The van der Waals surface area contributed by atoms with E-state index >= 15 is 0 Å². The number of thiophene rings is 2. The molecule has 0 bridgehead atoms. The number of rotatable bonds is 7. The molecule has 0 radical (unpaired) electrons. The Morgan fingerprint density at radius 1 is 0.667 bits per heavy atom. The lowest BCUT2D eigenvalue weighted by Gasteiger charge is -2.16. The molecule has 48 heavy (non-hydrogen) atoms. The van der Waals surface area contributed by atoms with E-state index in [0.717, 1.165) is 54.0 Å². The van der Waals surface area contributed by atoms with Crippen LogP contribution in [0.3, 0.4) is 0 Å². The number of benzene rings is 2. The van der Waals surface area contributed by atoms with Gasteiger partial charge in [0.25, 0.3) is 11.8 Å². The van der Waals surface area contributed by atoms with Gasteiger partial charge in [0.2, 0.25) is 6.17 Å². The van der Waals surface area contributed by atoms with E-state index in [2.05, 4.69) is 30.6 Å². The smallest absolute Gasteiger partial charge is 0.347 e. The van der Waals surface area contributed by atoms with Crippen LogP contribution in [0.4, 0.5) is 0 Å². The van der Waals surface area contributed by atoms with Gasteiger partial charge in [-0.05, 0) is 12.1 Å². The number of amides is 2. The van der Waals surface area contributed by atoms with Crippen LogP contribution < -0.4 is 10.6 Å². The van der Waals surface area contributed by atoms with Crippen LogP contribution in [0.1, 0.15) is 21.0 Å². The summed E-state index contributed by atoms with van der Waals surface area (Å²) in [5.74, 6) is -4.67. The third-order valence-corrected chi connectivity index (χ3v) is 11.6. The molecule has 2 amide bonds. The maximum atomic E-state index is 13.2. The second-order valence-electron chi connectivity index (χ2n) is 10.4. The van der Waals surface area contributed by atoms with Crippen LogP contribution in [0.25, 0.3) is 61.7 Å². The lowest BCUT2D eigenvalue weighted by Crippen LogP contribution is -2.53. The molecule has 0 aliphatic heterocycles. The van der Waals surface area contributed by atoms with E-state index in [1.165, 1.54) is 12.4 Å². The third kappa shape index (κ3) is 4.98. The summed E-state index contributed by atoms with van der Waals surface area (Å²) < 4.78 is 2.72. The molecule has 5 N–H and O–H groups in total. The van der Waals surface area contributed by atoms with Gasteiger partial charge < -0.3 is 26.0 Å². The predicted molar refractivity (Wildman–Crippen MR) is 186 cm³/mol. The summed E-state index contributed by atoms with van der Waals surface area (Å²) in [4.78, 5) is 55.6. The van der Waals surface area contributed by atoms with Gasteiger partial charge in [-0.1, -0.05) is 36.4 Å². The SMILES string of the molecule is O=C(NC(NC(=O)c1ncc2nc(-c3csc4ccccc34)sc2c1O)C(=O)O)c1ncc2nc(-c3csc4ccccc34)sc2c1O. The number of fused-ring (bicyclic) bond motifs is 4. The molecule has 236 valence electrons. The molecule has 6 heterocycles. The van der Waals surface area contributed by atoms with Crippen molar-refractivity contribution in [1.82, 2.24) is 30.6 Å². The molecular formula is C32H18N6O6S4. The summed E-state index contributed by atoms with van der Waals surface area (Å²) >= 11 is 5.44. The van der Waals surface area contributed by atoms with E-state index in [1.54, 1.807) is 22.7 Å². The monoisotopic (exact) mass is 710 g/mol. The Balaban J connectivity index is 1.04. The Labute approximate surface area is 284 Å². The van der Waals surface area contributed by atoms with Crippen LogP contribution in [-0.2, 0) is 4.79 Å². The molecule has 0 unspecified atom stereocenters. The number of carboxylic acids is 1. The summed E-state index contributed by atoms with van der Waals surface area (Å²) in [6, 6.07) is 15.7. The highest BCUT2D eigenvalue weighted by Gasteiger charge is 2.29. The minimum atomic E-state index is -1.96. The first kappa shape index (κ1) is 29.8. The maximum Gasteiger partial charge on any atom is 0.347 e. The number of hydrogen-bond acceptors (Lipinski definition) is 13. The van der Waals surface area contributed by atoms with E-state index in [-0.39, 0.29) is 9.40 Å². The molecule has 0 aliphatic rings. The number of aromatic hydroxyl groups is 2.